The van der Waals surface area contributed by atoms with Gasteiger partial charge >= 0.3 is 0 Å². The fourth-order valence-corrected chi connectivity index (χ4v) is 2.90. The minimum absolute atomic E-state index is 0.0595. The van der Waals surface area contributed by atoms with Crippen molar-refractivity contribution in [2.24, 2.45) is 0 Å². The zero-order valence-electron chi connectivity index (χ0n) is 10.6. The van der Waals surface area contributed by atoms with Crippen LogP contribution in [0.25, 0.3) is 0 Å². The van der Waals surface area contributed by atoms with E-state index < -0.39 is 0 Å². The van der Waals surface area contributed by atoms with Gasteiger partial charge in [-0.05, 0) is 43.9 Å². The predicted molar refractivity (Wildman–Crippen MR) is 77.1 cm³/mol. The summed E-state index contributed by atoms with van der Waals surface area (Å²) in [6, 6.07) is 4.70. The Morgan fingerprint density at radius 1 is 1.47 bits per heavy atom. The maximum Gasteiger partial charge on any atom is 0.255 e. The maximum atomic E-state index is 12.5. The molecule has 1 saturated heterocycles. The second-order valence-corrected chi connectivity index (χ2v) is 5.58. The third-order valence-electron chi connectivity index (χ3n) is 3.49. The summed E-state index contributed by atoms with van der Waals surface area (Å²) in [6.45, 7) is 0.748. The summed E-state index contributed by atoms with van der Waals surface area (Å²) in [5.74, 6) is 0.577. The van der Waals surface area contributed by atoms with Crippen molar-refractivity contribution in [1.82, 2.24) is 4.90 Å². The van der Waals surface area contributed by atoms with Crippen LogP contribution in [0.2, 0.25) is 5.02 Å². The van der Waals surface area contributed by atoms with E-state index in [1.807, 2.05) is 4.90 Å². The standard InChI is InChI=1S/C14H17Cl2NO2/c15-7-1-3-10-4-2-8-17(10)14(19)12-9-11(18)5-6-13(12)16/h5-6,9-10,18H,1-4,7-8H2. The van der Waals surface area contributed by atoms with Crippen molar-refractivity contribution in [3.05, 3.63) is 28.8 Å². The lowest BCUT2D eigenvalue weighted by atomic mass is 10.1. The molecule has 0 bridgehead atoms. The Morgan fingerprint density at radius 2 is 2.26 bits per heavy atom. The average Bonchev–Trinajstić information content (AvgIpc) is 2.86. The van der Waals surface area contributed by atoms with Gasteiger partial charge in [0.1, 0.15) is 5.75 Å². The first-order valence-electron chi connectivity index (χ1n) is 6.49. The van der Waals surface area contributed by atoms with Gasteiger partial charge in [0, 0.05) is 18.5 Å². The van der Waals surface area contributed by atoms with Gasteiger partial charge in [-0.25, -0.2) is 0 Å². The van der Waals surface area contributed by atoms with Crippen molar-refractivity contribution in [3.63, 3.8) is 0 Å². The summed E-state index contributed by atoms with van der Waals surface area (Å²) < 4.78 is 0. The van der Waals surface area contributed by atoms with E-state index in [9.17, 15) is 9.90 Å². The molecule has 1 aromatic carbocycles. The molecular formula is C14H17Cl2NO2. The van der Waals surface area contributed by atoms with E-state index in [0.29, 0.717) is 16.5 Å². The van der Waals surface area contributed by atoms with E-state index in [1.54, 1.807) is 6.07 Å². The quantitative estimate of drug-likeness (QED) is 0.862. The molecule has 0 aromatic heterocycles. The Balaban J connectivity index is 2.16. The minimum atomic E-state index is -0.0991. The predicted octanol–water partition coefficient (Wildman–Crippen LogP) is 3.67. The molecule has 0 spiro atoms. The van der Waals surface area contributed by atoms with E-state index >= 15 is 0 Å². The molecule has 1 heterocycles. The number of aromatic hydroxyl groups is 1. The highest BCUT2D eigenvalue weighted by Crippen LogP contribution is 2.28. The number of carbonyl (C=O) groups excluding carboxylic acids is 1. The number of likely N-dealkylation sites (tertiary alicyclic amines) is 1. The highest BCUT2D eigenvalue weighted by molar-refractivity contribution is 6.33. The number of halogens is 2. The molecule has 1 aliphatic rings. The first-order chi connectivity index (χ1) is 9.13. The number of amides is 1. The Morgan fingerprint density at radius 3 is 3.00 bits per heavy atom. The Labute approximate surface area is 123 Å². The molecule has 1 aromatic rings. The van der Waals surface area contributed by atoms with Crippen LogP contribution in [-0.4, -0.2) is 34.4 Å². The molecule has 1 amide bonds. The van der Waals surface area contributed by atoms with Gasteiger partial charge in [-0.1, -0.05) is 11.6 Å². The average molecular weight is 302 g/mol. The number of carbonyl (C=O) groups is 1. The molecule has 0 aliphatic carbocycles. The largest absolute Gasteiger partial charge is 0.508 e. The van der Waals surface area contributed by atoms with Gasteiger partial charge in [0.25, 0.3) is 5.91 Å². The van der Waals surface area contributed by atoms with Crippen molar-refractivity contribution >= 4 is 29.1 Å². The third-order valence-corrected chi connectivity index (χ3v) is 4.09. The summed E-state index contributed by atoms with van der Waals surface area (Å²) in [7, 11) is 0. The summed E-state index contributed by atoms with van der Waals surface area (Å²) in [5.41, 5.74) is 0.374. The molecule has 0 saturated carbocycles. The molecular weight excluding hydrogens is 285 g/mol. The Kier molecular flexibility index (Phi) is 4.94. The fraction of sp³-hybridized carbons (Fsp3) is 0.500. The van der Waals surface area contributed by atoms with Gasteiger partial charge in [0.15, 0.2) is 0 Å². The van der Waals surface area contributed by atoms with Crippen LogP contribution in [0.5, 0.6) is 5.75 Å². The monoisotopic (exact) mass is 301 g/mol. The lowest BCUT2D eigenvalue weighted by Crippen LogP contribution is -2.35. The molecule has 0 radical (unpaired) electrons. The fourth-order valence-electron chi connectivity index (χ4n) is 2.55. The third kappa shape index (κ3) is 3.34. The SMILES string of the molecule is O=C(c1cc(O)ccc1Cl)N1CCCC1CCCCl. The molecule has 1 N–H and O–H groups in total. The molecule has 19 heavy (non-hydrogen) atoms. The highest BCUT2D eigenvalue weighted by Gasteiger charge is 2.29. The van der Waals surface area contributed by atoms with Crippen molar-refractivity contribution in [2.45, 2.75) is 31.7 Å². The topological polar surface area (TPSA) is 40.5 Å². The number of rotatable bonds is 4. The van der Waals surface area contributed by atoms with Crippen molar-refractivity contribution in [1.29, 1.82) is 0 Å². The molecule has 1 aliphatic heterocycles. The number of phenols is 1. The van der Waals surface area contributed by atoms with E-state index in [4.69, 9.17) is 23.2 Å². The van der Waals surface area contributed by atoms with E-state index in [-0.39, 0.29) is 17.7 Å². The summed E-state index contributed by atoms with van der Waals surface area (Å²) in [6.07, 6.45) is 3.85. The zero-order chi connectivity index (χ0) is 13.8. The number of alkyl halides is 1. The normalized spacial score (nSPS) is 18.8. The number of hydrogen-bond acceptors (Lipinski definition) is 2. The number of nitrogens with zero attached hydrogens (tertiary/aromatic N) is 1. The van der Waals surface area contributed by atoms with Gasteiger partial charge in [-0.2, -0.15) is 0 Å². The molecule has 1 unspecified atom stereocenters. The van der Waals surface area contributed by atoms with E-state index in [0.717, 1.165) is 32.2 Å². The first-order valence-corrected chi connectivity index (χ1v) is 7.40. The van der Waals surface area contributed by atoms with Crippen molar-refractivity contribution in [3.8, 4) is 5.75 Å². The van der Waals surface area contributed by atoms with Crippen LogP contribution in [-0.2, 0) is 0 Å². The van der Waals surface area contributed by atoms with Gasteiger partial charge in [-0.15, -0.1) is 11.6 Å². The second-order valence-electron chi connectivity index (χ2n) is 4.79. The van der Waals surface area contributed by atoms with Gasteiger partial charge in [0.05, 0.1) is 10.6 Å². The van der Waals surface area contributed by atoms with Crippen LogP contribution in [0.1, 0.15) is 36.0 Å². The highest BCUT2D eigenvalue weighted by atomic mass is 35.5. The Bertz CT molecular complexity index is 465. The van der Waals surface area contributed by atoms with Crippen molar-refractivity contribution < 1.29 is 9.90 Å². The molecule has 104 valence electrons. The van der Waals surface area contributed by atoms with Gasteiger partial charge in [0.2, 0.25) is 0 Å². The van der Waals surface area contributed by atoms with Crippen LogP contribution >= 0.6 is 23.2 Å². The van der Waals surface area contributed by atoms with Crippen LogP contribution in [0.4, 0.5) is 0 Å². The second kappa shape index (κ2) is 6.49. The molecule has 5 heteroatoms. The van der Waals surface area contributed by atoms with E-state index in [1.165, 1.54) is 12.1 Å². The van der Waals surface area contributed by atoms with Crippen LogP contribution in [0, 0.1) is 0 Å². The lowest BCUT2D eigenvalue weighted by Gasteiger charge is -2.25. The molecule has 1 atom stereocenters. The number of phenolic OH excluding ortho intramolecular Hbond substituents is 1. The maximum absolute atomic E-state index is 12.5. The van der Waals surface area contributed by atoms with Crippen LogP contribution < -0.4 is 0 Å². The van der Waals surface area contributed by atoms with Crippen LogP contribution in [0.3, 0.4) is 0 Å². The molecule has 1 fully saturated rings. The van der Waals surface area contributed by atoms with Crippen LogP contribution in [0.15, 0.2) is 18.2 Å². The minimum Gasteiger partial charge on any atom is -0.508 e. The summed E-state index contributed by atoms with van der Waals surface area (Å²) in [5, 5.41) is 9.87. The zero-order valence-corrected chi connectivity index (χ0v) is 12.1. The summed E-state index contributed by atoms with van der Waals surface area (Å²) >= 11 is 11.8. The summed E-state index contributed by atoms with van der Waals surface area (Å²) in [4.78, 5) is 14.3. The van der Waals surface area contributed by atoms with Gasteiger partial charge in [-0.3, -0.25) is 4.79 Å². The molecule has 3 nitrogen and oxygen atoms in total. The van der Waals surface area contributed by atoms with Crippen molar-refractivity contribution in [2.75, 3.05) is 12.4 Å². The molecule has 2 rings (SSSR count). The first kappa shape index (κ1) is 14.5. The Hall–Kier alpha value is -0.930. The van der Waals surface area contributed by atoms with E-state index in [2.05, 4.69) is 0 Å². The van der Waals surface area contributed by atoms with Gasteiger partial charge < -0.3 is 10.0 Å². The number of hydrogen-bond donors (Lipinski definition) is 1. The smallest absolute Gasteiger partial charge is 0.255 e. The number of benzene rings is 1. The lowest BCUT2D eigenvalue weighted by molar-refractivity contribution is 0.0730.